The smallest absolute Gasteiger partial charge is 0.407 e. The highest BCUT2D eigenvalue weighted by Gasteiger charge is 2.37. The molecule has 13 heteroatoms. The van der Waals surface area contributed by atoms with Crippen molar-refractivity contribution in [2.24, 2.45) is 5.73 Å². The average Bonchev–Trinajstić information content (AvgIpc) is 3.86. The predicted octanol–water partition coefficient (Wildman–Crippen LogP) is 5.92. The van der Waals surface area contributed by atoms with Crippen LogP contribution in [0.5, 0.6) is 0 Å². The molecule has 1 heterocycles. The fraction of sp³-hybridized carbons (Fsp3) is 0.474. The number of alkyl carbamates (subject to hydrolysis) is 1. The van der Waals surface area contributed by atoms with Crippen LogP contribution in [0.1, 0.15) is 74.2 Å². The average molecular weight is 737 g/mol. The van der Waals surface area contributed by atoms with Crippen molar-refractivity contribution >= 4 is 42.0 Å². The van der Waals surface area contributed by atoms with Crippen molar-refractivity contribution in [2.75, 3.05) is 13.7 Å². The number of carbonyl (C=O) groups is 3. The van der Waals surface area contributed by atoms with E-state index in [1.807, 2.05) is 66.0 Å². The largest absolute Gasteiger partial charge is 0.444 e. The van der Waals surface area contributed by atoms with E-state index in [0.29, 0.717) is 43.1 Å². The van der Waals surface area contributed by atoms with Crippen molar-refractivity contribution in [1.29, 1.82) is 0 Å². The van der Waals surface area contributed by atoms with Gasteiger partial charge in [-0.25, -0.2) is 14.6 Å². The fourth-order valence-electron chi connectivity index (χ4n) is 5.67. The van der Waals surface area contributed by atoms with Crippen LogP contribution in [0.15, 0.2) is 77.1 Å². The summed E-state index contributed by atoms with van der Waals surface area (Å²) < 4.78 is 10.9. The van der Waals surface area contributed by atoms with Crippen molar-refractivity contribution < 1.29 is 23.9 Å². The van der Waals surface area contributed by atoms with E-state index >= 15 is 0 Å². The van der Waals surface area contributed by atoms with Crippen LogP contribution >= 0.6 is 24.0 Å². The second-order valence-electron chi connectivity index (χ2n) is 13.3. The van der Waals surface area contributed by atoms with Crippen molar-refractivity contribution in [1.82, 2.24) is 25.8 Å². The minimum Gasteiger partial charge on any atom is -0.444 e. The Morgan fingerprint density at radius 2 is 1.55 bits per heavy atom. The van der Waals surface area contributed by atoms with Crippen molar-refractivity contribution in [3.05, 3.63) is 99.0 Å². The van der Waals surface area contributed by atoms with E-state index in [1.54, 1.807) is 23.2 Å². The second-order valence-corrected chi connectivity index (χ2v) is 14.8. The number of nitrogens with zero attached hydrogens (tertiary/aromatic N) is 2. The monoisotopic (exact) mass is 736 g/mol. The highest BCUT2D eigenvalue weighted by atomic mass is 32.1. The number of hydrogen-bond acceptors (Lipinski definition) is 9. The molecule has 2 aromatic carbocycles. The molecule has 11 nitrogen and oxygen atoms in total. The molecule has 0 aliphatic heterocycles. The minimum absolute atomic E-state index is 0.0398. The standard InChI is InChI=1S/C38H52N6O5S2/c1-25(2)36-41-31(24-51-36)22-44(32-17-18-32)37(46)43-34(26(3)48-4)35(45)40-29(19-27-11-7-5-8-12-27)15-16-30(20-28-13-9-6-10-14-28)42-38(47)49-23-33(50)21-39/h5-14,21,24-26,29-30,32,34,50H,15-20,22-23,39H2,1-4H3,(H,40,45)(H,42,47)(H,43,46)/b33-21-/t26?,29-,30-,34+/m1/s1. The molecule has 3 aromatic rings. The van der Waals surface area contributed by atoms with Crippen LogP contribution in [-0.4, -0.2) is 71.9 Å². The molecule has 1 aliphatic rings. The number of amides is 4. The third kappa shape index (κ3) is 13.2. The summed E-state index contributed by atoms with van der Waals surface area (Å²) in [7, 11) is 1.53. The minimum atomic E-state index is -0.942. The molecule has 4 atom stereocenters. The van der Waals surface area contributed by atoms with Gasteiger partial charge in [0, 0.05) is 47.6 Å². The number of rotatable bonds is 19. The fourth-order valence-corrected chi connectivity index (χ4v) is 6.56. The lowest BCUT2D eigenvalue weighted by atomic mass is 9.95. The van der Waals surface area contributed by atoms with E-state index in [1.165, 1.54) is 13.3 Å². The van der Waals surface area contributed by atoms with Gasteiger partial charge < -0.3 is 36.1 Å². The van der Waals surface area contributed by atoms with Gasteiger partial charge in [0.1, 0.15) is 12.6 Å². The van der Waals surface area contributed by atoms with Gasteiger partial charge in [0.25, 0.3) is 0 Å². The van der Waals surface area contributed by atoms with Gasteiger partial charge in [-0.1, -0.05) is 74.5 Å². The first-order valence-corrected chi connectivity index (χ1v) is 18.8. The first-order chi connectivity index (χ1) is 24.6. The van der Waals surface area contributed by atoms with Gasteiger partial charge in [-0.05, 0) is 56.6 Å². The van der Waals surface area contributed by atoms with Crippen molar-refractivity contribution in [3.63, 3.8) is 0 Å². The van der Waals surface area contributed by atoms with Crippen LogP contribution < -0.4 is 21.7 Å². The molecule has 0 saturated heterocycles. The van der Waals surface area contributed by atoms with Crippen LogP contribution in [0.2, 0.25) is 0 Å². The molecule has 0 bridgehead atoms. The summed E-state index contributed by atoms with van der Waals surface area (Å²) in [5, 5.41) is 12.2. The number of hydrogen-bond donors (Lipinski definition) is 5. The number of urea groups is 1. The quantitative estimate of drug-likeness (QED) is 0.0961. The predicted molar refractivity (Wildman–Crippen MR) is 205 cm³/mol. The molecule has 1 aromatic heterocycles. The summed E-state index contributed by atoms with van der Waals surface area (Å²) in [6.07, 6.45) is 4.13. The number of nitrogens with two attached hydrogens (primary N) is 1. The van der Waals surface area contributed by atoms with Gasteiger partial charge in [0.05, 0.1) is 23.4 Å². The number of aromatic nitrogens is 1. The Labute approximate surface area is 311 Å². The molecule has 1 aliphatic carbocycles. The summed E-state index contributed by atoms with van der Waals surface area (Å²) in [6, 6.07) is 18.0. The van der Waals surface area contributed by atoms with E-state index < -0.39 is 18.2 Å². The molecule has 276 valence electrons. The lowest BCUT2D eigenvalue weighted by Gasteiger charge is -2.30. The van der Waals surface area contributed by atoms with Crippen molar-refractivity contribution in [2.45, 2.75) is 102 Å². The van der Waals surface area contributed by atoms with Gasteiger partial charge in [-0.2, -0.15) is 0 Å². The number of ether oxygens (including phenoxy) is 2. The molecule has 1 unspecified atom stereocenters. The zero-order valence-corrected chi connectivity index (χ0v) is 31.6. The van der Waals surface area contributed by atoms with Gasteiger partial charge >= 0.3 is 12.1 Å². The normalized spacial score (nSPS) is 15.4. The Bertz CT molecular complexity index is 1570. The zero-order valence-electron chi connectivity index (χ0n) is 29.9. The number of carbonyl (C=O) groups excluding carboxylic acids is 3. The molecule has 5 N–H and O–H groups in total. The Hall–Kier alpha value is -4.07. The molecule has 4 amide bonds. The van der Waals surface area contributed by atoms with Crippen LogP contribution in [0.3, 0.4) is 0 Å². The molecule has 1 fully saturated rings. The number of methoxy groups -OCH3 is 1. The Kier molecular flexibility index (Phi) is 15.6. The third-order valence-corrected chi connectivity index (χ3v) is 10.2. The summed E-state index contributed by atoms with van der Waals surface area (Å²) in [4.78, 5) is 47.6. The molecule has 4 rings (SSSR count). The maximum Gasteiger partial charge on any atom is 0.407 e. The van der Waals surface area contributed by atoms with Crippen molar-refractivity contribution in [3.8, 4) is 0 Å². The number of thiol groups is 1. The van der Waals surface area contributed by atoms with E-state index in [2.05, 4.69) is 42.4 Å². The molecular weight excluding hydrogens is 685 g/mol. The lowest BCUT2D eigenvalue weighted by Crippen LogP contribution is -2.57. The summed E-state index contributed by atoms with van der Waals surface area (Å²) in [5.41, 5.74) is 8.42. The Balaban J connectivity index is 1.48. The van der Waals surface area contributed by atoms with E-state index in [0.717, 1.165) is 34.7 Å². The summed E-state index contributed by atoms with van der Waals surface area (Å²) >= 11 is 5.78. The SMILES string of the molecule is COC(C)[C@H](NC(=O)N(Cc1csc(C(C)C)n1)C1CC1)C(=O)N[C@H](CC[C@H](Cc1ccccc1)NC(=O)OC/C(S)=C/N)Cc1ccccc1. The number of thiazole rings is 1. The molecule has 1 saturated carbocycles. The maximum atomic E-state index is 14.1. The highest BCUT2D eigenvalue weighted by Crippen LogP contribution is 2.29. The maximum absolute atomic E-state index is 14.1. The van der Waals surface area contributed by atoms with E-state index in [9.17, 15) is 14.4 Å². The van der Waals surface area contributed by atoms with Crippen LogP contribution in [0.4, 0.5) is 9.59 Å². The molecule has 0 radical (unpaired) electrons. The van der Waals surface area contributed by atoms with Crippen LogP contribution in [0.25, 0.3) is 0 Å². The topological polar surface area (TPSA) is 148 Å². The first-order valence-electron chi connectivity index (χ1n) is 17.5. The van der Waals surface area contributed by atoms with E-state index in [-0.39, 0.29) is 36.7 Å². The van der Waals surface area contributed by atoms with Crippen LogP contribution in [0, 0.1) is 0 Å². The molecule has 51 heavy (non-hydrogen) atoms. The number of nitrogens with one attached hydrogen (secondary N) is 3. The van der Waals surface area contributed by atoms with Gasteiger partial charge in [-0.3, -0.25) is 4.79 Å². The van der Waals surface area contributed by atoms with E-state index in [4.69, 9.17) is 20.2 Å². The van der Waals surface area contributed by atoms with Gasteiger partial charge in [-0.15, -0.1) is 24.0 Å². The lowest BCUT2D eigenvalue weighted by molar-refractivity contribution is -0.126. The van der Waals surface area contributed by atoms with Gasteiger partial charge in [0.15, 0.2) is 0 Å². The summed E-state index contributed by atoms with van der Waals surface area (Å²) in [6.45, 7) is 6.31. The first kappa shape index (κ1) is 39.7. The zero-order chi connectivity index (χ0) is 36.8. The Morgan fingerprint density at radius 1 is 0.961 bits per heavy atom. The third-order valence-electron chi connectivity index (χ3n) is 8.77. The van der Waals surface area contributed by atoms with Crippen LogP contribution in [-0.2, 0) is 33.7 Å². The molecular formula is C38H52N6O5S2. The second kappa shape index (κ2) is 20.1. The highest BCUT2D eigenvalue weighted by molar-refractivity contribution is 7.84. The Morgan fingerprint density at radius 3 is 2.06 bits per heavy atom. The van der Waals surface area contributed by atoms with Gasteiger partial charge in [0.2, 0.25) is 5.91 Å². The number of benzene rings is 2. The summed E-state index contributed by atoms with van der Waals surface area (Å²) in [5.74, 6) is -0.0309. The molecule has 0 spiro atoms.